The summed E-state index contributed by atoms with van der Waals surface area (Å²) in [6, 6.07) is 3.96. The summed E-state index contributed by atoms with van der Waals surface area (Å²) in [4.78, 5) is 22.2. The number of ether oxygens (including phenoxy) is 1. The van der Waals surface area contributed by atoms with Gasteiger partial charge < -0.3 is 15.2 Å². The minimum Gasteiger partial charge on any atom is -0.484 e. The number of carbonyl (C=O) groups excluding carboxylic acids is 1. The van der Waals surface area contributed by atoms with Crippen LogP contribution in [0.4, 0.5) is 29.3 Å². The van der Waals surface area contributed by atoms with E-state index in [-0.39, 0.29) is 55.5 Å². The minimum absolute atomic E-state index is 0.00976. The lowest BCUT2D eigenvalue weighted by Crippen LogP contribution is -2.55. The van der Waals surface area contributed by atoms with E-state index in [9.17, 15) is 31.2 Å². The number of anilines is 2. The molecule has 178 valence electrons. The van der Waals surface area contributed by atoms with E-state index in [1.165, 1.54) is 25.1 Å². The molecule has 3 N–H and O–H groups in total. The molecule has 1 fully saturated rings. The molecule has 3 rings (SSSR count). The van der Waals surface area contributed by atoms with Crippen LogP contribution in [0.3, 0.4) is 0 Å². The average Bonchev–Trinajstić information content (AvgIpc) is 2.70. The Morgan fingerprint density at radius 2 is 2.00 bits per heavy atom. The number of hydrogen-bond acceptors (Lipinski definition) is 5. The predicted octanol–water partition coefficient (Wildman–Crippen LogP) is 2.00. The van der Waals surface area contributed by atoms with Crippen LogP contribution in [0.2, 0.25) is 0 Å². The molecule has 1 aromatic carbocycles. The van der Waals surface area contributed by atoms with Crippen molar-refractivity contribution < 1.29 is 41.0 Å². The number of benzene rings is 1. The summed E-state index contributed by atoms with van der Waals surface area (Å²) in [6.07, 6.45) is -6.81. The van der Waals surface area contributed by atoms with Gasteiger partial charge in [-0.2, -0.15) is 25.9 Å². The highest BCUT2D eigenvalue weighted by molar-refractivity contribution is 7.90. The number of fused-ring (bicyclic) bond motifs is 1. The first kappa shape index (κ1) is 23.9. The lowest BCUT2D eigenvalue weighted by atomic mass is 9.99. The number of amides is 2. The third-order valence-electron chi connectivity index (χ3n) is 5.17. The van der Waals surface area contributed by atoms with E-state index < -0.39 is 41.0 Å². The molecule has 0 radical (unpaired) electrons. The maximum Gasteiger partial charge on any atom is 0.409 e. The molecule has 32 heavy (non-hydrogen) atoms. The van der Waals surface area contributed by atoms with Crippen molar-refractivity contribution in [3.8, 4) is 5.75 Å². The van der Waals surface area contributed by atoms with Crippen LogP contribution in [0.5, 0.6) is 5.75 Å². The van der Waals surface area contributed by atoms with Gasteiger partial charge in [0.15, 0.2) is 0 Å². The molecule has 2 atom stereocenters. The van der Waals surface area contributed by atoms with Crippen molar-refractivity contribution >= 4 is 33.6 Å². The van der Waals surface area contributed by atoms with Crippen LogP contribution in [-0.4, -0.2) is 68.3 Å². The van der Waals surface area contributed by atoms with E-state index in [0.717, 1.165) is 8.61 Å². The number of nitrogens with zero attached hydrogens (tertiary/aromatic N) is 2. The molecule has 1 unspecified atom stereocenters. The summed E-state index contributed by atoms with van der Waals surface area (Å²) in [5.74, 6) is -2.05. The zero-order valence-electron chi connectivity index (χ0n) is 17.1. The van der Waals surface area contributed by atoms with Gasteiger partial charge in [0.05, 0.1) is 24.7 Å². The molecule has 1 aromatic rings. The fraction of sp³-hybridized carbons (Fsp3) is 0.556. The van der Waals surface area contributed by atoms with Crippen molar-refractivity contribution in [3.63, 3.8) is 0 Å². The van der Waals surface area contributed by atoms with Gasteiger partial charge in [0.1, 0.15) is 11.9 Å². The van der Waals surface area contributed by atoms with Gasteiger partial charge in [0.2, 0.25) is 5.91 Å². The van der Waals surface area contributed by atoms with E-state index >= 15 is 0 Å². The molecule has 0 aliphatic carbocycles. The number of alkyl halides is 3. The summed E-state index contributed by atoms with van der Waals surface area (Å²) in [5.41, 5.74) is 0.0524. The van der Waals surface area contributed by atoms with Crippen molar-refractivity contribution in [2.45, 2.75) is 32.0 Å². The zero-order valence-corrected chi connectivity index (χ0v) is 17.9. The molecule has 0 spiro atoms. The number of carbonyl (C=O) groups is 2. The summed E-state index contributed by atoms with van der Waals surface area (Å²) < 4.78 is 73.9. The molecule has 2 amide bonds. The first-order valence-corrected chi connectivity index (χ1v) is 11.2. The molecule has 2 aliphatic rings. The van der Waals surface area contributed by atoms with Crippen LogP contribution >= 0.6 is 0 Å². The number of carboxylic acid groups (broad SMARTS) is 1. The predicted molar refractivity (Wildman–Crippen MR) is 108 cm³/mol. The van der Waals surface area contributed by atoms with E-state index in [0.29, 0.717) is 0 Å². The Morgan fingerprint density at radius 1 is 1.28 bits per heavy atom. The van der Waals surface area contributed by atoms with Crippen LogP contribution in [0.15, 0.2) is 18.2 Å². The van der Waals surface area contributed by atoms with Crippen molar-refractivity contribution in [3.05, 3.63) is 18.2 Å². The largest absolute Gasteiger partial charge is 0.484 e. The van der Waals surface area contributed by atoms with E-state index in [1.807, 2.05) is 0 Å². The molecule has 2 aliphatic heterocycles. The number of piperidine rings is 1. The van der Waals surface area contributed by atoms with Gasteiger partial charge >= 0.3 is 22.5 Å². The Morgan fingerprint density at radius 3 is 2.62 bits per heavy atom. The monoisotopic (exact) mass is 480 g/mol. The van der Waals surface area contributed by atoms with Crippen molar-refractivity contribution in [1.82, 2.24) is 9.62 Å². The topological polar surface area (TPSA) is 128 Å². The summed E-state index contributed by atoms with van der Waals surface area (Å²) in [5, 5.41) is 13.6. The Labute approximate surface area is 182 Å². The summed E-state index contributed by atoms with van der Waals surface area (Å²) in [6.45, 7) is 0.188. The Balaban J connectivity index is 1.96. The van der Waals surface area contributed by atoms with Crippen LogP contribution < -0.4 is 19.7 Å². The highest BCUT2D eigenvalue weighted by Gasteiger charge is 2.46. The van der Waals surface area contributed by atoms with E-state index in [2.05, 4.69) is 10.6 Å². The average molecular weight is 480 g/mol. The third kappa shape index (κ3) is 5.35. The quantitative estimate of drug-likeness (QED) is 0.592. The van der Waals surface area contributed by atoms with Gasteiger partial charge in [-0.3, -0.25) is 14.4 Å². The van der Waals surface area contributed by atoms with Crippen LogP contribution in [-0.2, 0) is 15.0 Å². The van der Waals surface area contributed by atoms with E-state index in [1.54, 1.807) is 0 Å². The van der Waals surface area contributed by atoms with Crippen molar-refractivity contribution in [2.24, 2.45) is 5.92 Å². The van der Waals surface area contributed by atoms with Gasteiger partial charge in [-0.25, -0.2) is 4.79 Å². The highest BCUT2D eigenvalue weighted by Crippen LogP contribution is 2.40. The smallest absolute Gasteiger partial charge is 0.409 e. The summed E-state index contributed by atoms with van der Waals surface area (Å²) in [7, 11) is -4.41. The SMILES string of the molecule is CC(=O)NC[C@H]1CN(S(=O)(=O)N2CCCC(C(F)(F)F)C2)c2cc(NC(=O)O)ccc2O1. The molecular formula is C18H23F3N4O6S. The molecule has 14 heteroatoms. The molecule has 0 aromatic heterocycles. The van der Waals surface area contributed by atoms with Crippen LogP contribution in [0.25, 0.3) is 0 Å². The standard InChI is InChI=1S/C18H23F3N4O6S/c1-11(26)22-8-14-10-25(15-7-13(23-17(27)28)4-5-16(15)31-14)32(29,30)24-6-2-3-12(9-24)18(19,20)21/h4-5,7,12,14,23H,2-3,6,8-10H2,1H3,(H,22,26)(H,27,28)/t12?,14-/m0/s1. The Hall–Kier alpha value is -2.74. The molecule has 0 saturated carbocycles. The second-order valence-electron chi connectivity index (χ2n) is 7.57. The maximum absolute atomic E-state index is 13.4. The van der Waals surface area contributed by atoms with Crippen LogP contribution in [0, 0.1) is 5.92 Å². The maximum atomic E-state index is 13.4. The van der Waals surface area contributed by atoms with Gasteiger partial charge in [0.25, 0.3) is 0 Å². The summed E-state index contributed by atoms with van der Waals surface area (Å²) >= 11 is 0. The van der Waals surface area contributed by atoms with Crippen molar-refractivity contribution in [2.75, 3.05) is 35.8 Å². The normalized spacial score (nSPS) is 21.9. The Kier molecular flexibility index (Phi) is 6.74. The van der Waals surface area contributed by atoms with Gasteiger partial charge in [-0.15, -0.1) is 0 Å². The Bertz CT molecular complexity index is 987. The molecule has 2 heterocycles. The fourth-order valence-corrected chi connectivity index (χ4v) is 5.41. The van der Waals surface area contributed by atoms with Gasteiger partial charge in [-0.1, -0.05) is 0 Å². The number of hydrogen-bond donors (Lipinski definition) is 3. The van der Waals surface area contributed by atoms with Gasteiger partial charge in [0, 0.05) is 25.7 Å². The second kappa shape index (κ2) is 9.02. The molecule has 10 nitrogen and oxygen atoms in total. The van der Waals surface area contributed by atoms with Crippen molar-refractivity contribution in [1.29, 1.82) is 0 Å². The molecular weight excluding hydrogens is 457 g/mol. The number of rotatable bonds is 5. The molecule has 0 bridgehead atoms. The fourth-order valence-electron chi connectivity index (χ4n) is 3.65. The third-order valence-corrected chi connectivity index (χ3v) is 7.06. The lowest BCUT2D eigenvalue weighted by molar-refractivity contribution is -0.182. The number of halogens is 3. The minimum atomic E-state index is -4.52. The second-order valence-corrected chi connectivity index (χ2v) is 9.42. The van der Waals surface area contributed by atoms with Crippen LogP contribution in [0.1, 0.15) is 19.8 Å². The lowest BCUT2D eigenvalue weighted by Gasteiger charge is -2.40. The van der Waals surface area contributed by atoms with Gasteiger partial charge in [-0.05, 0) is 31.0 Å². The highest BCUT2D eigenvalue weighted by atomic mass is 32.2. The number of nitrogens with one attached hydrogen (secondary N) is 2. The first-order valence-electron chi connectivity index (χ1n) is 9.77. The molecule has 1 saturated heterocycles. The zero-order chi connectivity index (χ0) is 23.7. The first-order chi connectivity index (χ1) is 14.9. The van der Waals surface area contributed by atoms with E-state index in [4.69, 9.17) is 9.84 Å².